The van der Waals surface area contributed by atoms with Gasteiger partial charge >= 0.3 is 109 Å². The Kier molecular flexibility index (Phi) is 4.37. The van der Waals surface area contributed by atoms with Crippen molar-refractivity contribution in [2.75, 3.05) is 0 Å². The molecule has 2 rings (SSSR count). The summed E-state index contributed by atoms with van der Waals surface area (Å²) in [4.78, 5) is 0. The van der Waals surface area contributed by atoms with E-state index in [1.807, 2.05) is 0 Å². The first-order chi connectivity index (χ1) is 7.77. The van der Waals surface area contributed by atoms with Gasteiger partial charge in [-0.2, -0.15) is 0 Å². The fraction of sp³-hybridized carbons (Fsp3) is 0.286. The van der Waals surface area contributed by atoms with Gasteiger partial charge in [-0.15, -0.1) is 0 Å². The molecule has 0 saturated heterocycles. The number of hydrogen-bond donors (Lipinski definition) is 0. The van der Waals surface area contributed by atoms with Crippen molar-refractivity contribution >= 4 is 14.7 Å². The molecule has 88 valence electrons. The summed E-state index contributed by atoms with van der Waals surface area (Å²) in [6, 6.07) is 6.80. The van der Waals surface area contributed by atoms with E-state index >= 15 is 0 Å². The van der Waals surface area contributed by atoms with Gasteiger partial charge in [-0.3, -0.25) is 0 Å². The van der Waals surface area contributed by atoms with E-state index in [2.05, 4.69) is 50.3 Å². The summed E-state index contributed by atoms with van der Waals surface area (Å²) in [7, 11) is -0.0146. The van der Waals surface area contributed by atoms with Gasteiger partial charge in [-0.05, 0) is 0 Å². The predicted octanol–water partition coefficient (Wildman–Crippen LogP) is 2.40. The molecule has 0 saturated carbocycles. The first-order valence-electron chi connectivity index (χ1n) is 5.70. The number of rotatable bonds is 4. The van der Waals surface area contributed by atoms with Crippen LogP contribution in [-0.2, 0) is 18.6 Å². The summed E-state index contributed by atoms with van der Waals surface area (Å²) in [5.41, 5.74) is 3.02. The Morgan fingerprint density at radius 3 is 2.94 bits per heavy atom. The van der Waals surface area contributed by atoms with Crippen LogP contribution in [0.2, 0.25) is 4.43 Å². The summed E-state index contributed by atoms with van der Waals surface area (Å²) < 4.78 is 3.26. The molecule has 0 heterocycles. The Morgan fingerprint density at radius 2 is 2.19 bits per heavy atom. The van der Waals surface area contributed by atoms with Gasteiger partial charge in [0, 0.05) is 0 Å². The van der Waals surface area contributed by atoms with Crippen LogP contribution in [0.25, 0.3) is 0 Å². The zero-order chi connectivity index (χ0) is 11.4. The third-order valence-corrected chi connectivity index (χ3v) is 9.89. The van der Waals surface area contributed by atoms with Crippen LogP contribution >= 0.6 is 0 Å². The number of aryl methyl sites for hydroxylation is 1. The van der Waals surface area contributed by atoms with Crippen LogP contribution in [0.1, 0.15) is 17.5 Å². The van der Waals surface area contributed by atoms with Crippen LogP contribution in [0, 0.1) is 13.8 Å². The number of hydrogen-bond acceptors (Lipinski definition) is 0. The average Bonchev–Trinajstić information content (AvgIpc) is 2.77. The van der Waals surface area contributed by atoms with Crippen LogP contribution in [-0.4, -0.2) is 9.52 Å². The third-order valence-electron chi connectivity index (χ3n) is 2.99. The molecule has 0 fully saturated rings. The summed E-state index contributed by atoms with van der Waals surface area (Å²) in [6.45, 7) is 4.51. The quantitative estimate of drug-likeness (QED) is 0.670. The van der Waals surface area contributed by atoms with Crippen molar-refractivity contribution in [1.82, 2.24) is 0 Å². The average molecular weight is 409 g/mol. The van der Waals surface area contributed by atoms with Gasteiger partial charge in [0.2, 0.25) is 0 Å². The van der Waals surface area contributed by atoms with E-state index in [0.717, 1.165) is 0 Å². The maximum absolute atomic E-state index is 2.35. The van der Waals surface area contributed by atoms with Crippen LogP contribution in [0.3, 0.4) is 0 Å². The van der Waals surface area contributed by atoms with E-state index in [4.69, 9.17) is 0 Å². The molecule has 0 unspecified atom stereocenters. The van der Waals surface area contributed by atoms with Crippen LogP contribution in [0.15, 0.2) is 40.4 Å². The van der Waals surface area contributed by atoms with Crippen molar-refractivity contribution in [2.24, 2.45) is 0 Å². The summed E-state index contributed by atoms with van der Waals surface area (Å²) in [6.07, 6.45) is 8.09. The Labute approximate surface area is 109 Å². The number of benzene rings is 1. The van der Waals surface area contributed by atoms with E-state index in [0.29, 0.717) is 18.6 Å². The molecule has 0 amide bonds. The summed E-state index contributed by atoms with van der Waals surface area (Å²) >= 11 is 0.323. The molecule has 16 heavy (non-hydrogen) atoms. The van der Waals surface area contributed by atoms with Crippen molar-refractivity contribution in [3.63, 3.8) is 0 Å². The minimum atomic E-state index is -0.0146. The van der Waals surface area contributed by atoms with Crippen molar-refractivity contribution in [3.8, 4) is 0 Å². The Hall–Kier alpha value is -0.395. The molecule has 0 nitrogen and oxygen atoms in total. The Balaban J connectivity index is 1.87. The fourth-order valence-corrected chi connectivity index (χ4v) is 9.17. The van der Waals surface area contributed by atoms with Crippen molar-refractivity contribution in [3.05, 3.63) is 51.5 Å². The summed E-state index contributed by atoms with van der Waals surface area (Å²) in [5.74, 6) is 0. The van der Waals surface area contributed by atoms with Crippen molar-refractivity contribution in [1.29, 1.82) is 0 Å². The Bertz CT molecular complexity index is 432. The van der Waals surface area contributed by atoms with Crippen LogP contribution < -0.4 is 5.19 Å². The molecule has 0 spiro atoms. The van der Waals surface area contributed by atoms with Gasteiger partial charge < -0.3 is 0 Å². The second kappa shape index (κ2) is 5.79. The SMILES string of the molecule is Cc1cccc([SiH2][CH2][Pt][C]2=CC=CC2)c1C. The zero-order valence-electron chi connectivity index (χ0n) is 9.90. The van der Waals surface area contributed by atoms with Gasteiger partial charge in [-0.25, -0.2) is 0 Å². The molecular weight excluding hydrogens is 391 g/mol. The molecule has 0 atom stereocenters. The predicted molar refractivity (Wildman–Crippen MR) is 70.7 cm³/mol. The first kappa shape index (κ1) is 12.1. The second-order valence-corrected chi connectivity index (χ2v) is 11.3. The molecule has 1 aliphatic carbocycles. The standard InChI is InChI=1S/C9H13Si.C5H5.Pt/c1-7-5-4-6-9(10-3)8(7)2;1-2-4-5-3-1;/h4-6H,3,10H2,1-2H3;1-3H,4H2;. The molecule has 1 aromatic rings. The number of allylic oxidation sites excluding steroid dienone is 4. The maximum atomic E-state index is 2.35. The molecule has 0 aromatic heterocycles. The Morgan fingerprint density at radius 1 is 1.31 bits per heavy atom. The van der Waals surface area contributed by atoms with E-state index in [1.165, 1.54) is 16.4 Å². The monoisotopic (exact) mass is 409 g/mol. The molecule has 1 aromatic carbocycles. The first-order valence-corrected chi connectivity index (χ1v) is 10.1. The van der Waals surface area contributed by atoms with Gasteiger partial charge in [0.1, 0.15) is 0 Å². The van der Waals surface area contributed by atoms with E-state index < -0.39 is 0 Å². The molecule has 0 aliphatic heterocycles. The molecule has 0 N–H and O–H groups in total. The topological polar surface area (TPSA) is 0 Å². The minimum absolute atomic E-state index is 0.0146. The zero-order valence-corrected chi connectivity index (χ0v) is 13.6. The molecule has 0 bridgehead atoms. The van der Waals surface area contributed by atoms with Crippen molar-refractivity contribution in [2.45, 2.75) is 24.7 Å². The van der Waals surface area contributed by atoms with E-state index in [1.54, 1.807) is 14.7 Å². The summed E-state index contributed by atoms with van der Waals surface area (Å²) in [5, 5.41) is 1.69. The van der Waals surface area contributed by atoms with Crippen LogP contribution in [0.5, 0.6) is 0 Å². The van der Waals surface area contributed by atoms with Gasteiger partial charge in [0.25, 0.3) is 0 Å². The molecular formula is C14H18PtSi. The second-order valence-electron chi connectivity index (χ2n) is 4.09. The molecule has 2 heteroatoms. The van der Waals surface area contributed by atoms with E-state index in [9.17, 15) is 0 Å². The molecule has 0 radical (unpaired) electrons. The fourth-order valence-electron chi connectivity index (χ4n) is 1.80. The third kappa shape index (κ3) is 3.05. The molecule has 1 aliphatic rings. The van der Waals surface area contributed by atoms with Gasteiger partial charge in [-0.1, -0.05) is 0 Å². The van der Waals surface area contributed by atoms with Gasteiger partial charge in [0.15, 0.2) is 0 Å². The van der Waals surface area contributed by atoms with E-state index in [-0.39, 0.29) is 9.52 Å². The van der Waals surface area contributed by atoms with Crippen LogP contribution in [0.4, 0.5) is 0 Å². The van der Waals surface area contributed by atoms with Gasteiger partial charge in [0.05, 0.1) is 0 Å². The normalized spacial score (nSPS) is 15.2. The van der Waals surface area contributed by atoms with Crippen molar-refractivity contribution < 1.29 is 18.6 Å².